The number of piperidine rings is 1. The molecule has 0 radical (unpaired) electrons. The van der Waals surface area contributed by atoms with Gasteiger partial charge in [-0.1, -0.05) is 0 Å². The van der Waals surface area contributed by atoms with Crippen LogP contribution in [0.15, 0.2) is 41.7 Å². The highest BCUT2D eigenvalue weighted by molar-refractivity contribution is 7.98. The Morgan fingerprint density at radius 2 is 1.82 bits per heavy atom. The predicted molar refractivity (Wildman–Crippen MR) is 134 cm³/mol. The van der Waals surface area contributed by atoms with Gasteiger partial charge in [0.25, 0.3) is 6.47 Å². The minimum Gasteiger partial charge on any atom is -0.462 e. The van der Waals surface area contributed by atoms with Gasteiger partial charge in [-0.15, -0.1) is 11.8 Å². The molecule has 1 aromatic carbocycles. The van der Waals surface area contributed by atoms with Gasteiger partial charge < -0.3 is 14.5 Å². The molecule has 0 spiro atoms. The summed E-state index contributed by atoms with van der Waals surface area (Å²) in [5.74, 6) is 0.969. The predicted octanol–water partition coefficient (Wildman–Crippen LogP) is 4.03. The normalized spacial score (nSPS) is 15.1. The first kappa shape index (κ1) is 25.0. The molecule has 178 valence electrons. The zero-order valence-corrected chi connectivity index (χ0v) is 21.2. The van der Waals surface area contributed by atoms with Crippen LogP contribution in [0.4, 0.5) is 5.82 Å². The van der Waals surface area contributed by atoms with Crippen LogP contribution in [0, 0.1) is 0 Å². The first-order chi connectivity index (χ1) is 15.7. The first-order valence-corrected chi connectivity index (χ1v) is 12.3. The molecule has 0 aliphatic carbocycles. The molecule has 0 N–H and O–H groups in total. The van der Waals surface area contributed by atoms with Crippen molar-refractivity contribution in [3.63, 3.8) is 0 Å². The number of thioether (sulfide) groups is 1. The Morgan fingerprint density at radius 3 is 2.36 bits per heavy atom. The smallest absolute Gasteiger partial charge is 0.293 e. The third-order valence-electron chi connectivity index (χ3n) is 5.63. The summed E-state index contributed by atoms with van der Waals surface area (Å²) in [6.07, 6.45) is 7.93. The Hall–Kier alpha value is -2.65. The van der Waals surface area contributed by atoms with Gasteiger partial charge in [0, 0.05) is 18.0 Å². The van der Waals surface area contributed by atoms with Gasteiger partial charge in [-0.2, -0.15) is 5.10 Å². The second kappa shape index (κ2) is 11.0. The summed E-state index contributed by atoms with van der Waals surface area (Å²) in [4.78, 5) is 24.6. The minimum atomic E-state index is -0.318. The Labute approximate surface area is 200 Å². The van der Waals surface area contributed by atoms with Crippen molar-refractivity contribution in [2.45, 2.75) is 50.2 Å². The van der Waals surface area contributed by atoms with Crippen LogP contribution in [0.5, 0.6) is 0 Å². The van der Waals surface area contributed by atoms with Gasteiger partial charge in [0.1, 0.15) is 17.7 Å². The Morgan fingerprint density at radius 1 is 1.15 bits per heavy atom. The molecular formula is C24H34N6O2S. The van der Waals surface area contributed by atoms with E-state index in [0.717, 1.165) is 48.5 Å². The maximum atomic E-state index is 9.60. The molecule has 1 aliphatic heterocycles. The van der Waals surface area contributed by atoms with Crippen LogP contribution in [0.1, 0.15) is 33.6 Å². The molecule has 3 heterocycles. The fourth-order valence-electron chi connectivity index (χ4n) is 3.72. The molecule has 3 aromatic rings. The highest BCUT2D eigenvalue weighted by atomic mass is 32.2. The second-order valence-corrected chi connectivity index (χ2v) is 10.0. The second-order valence-electron chi connectivity index (χ2n) is 9.16. The van der Waals surface area contributed by atoms with Crippen LogP contribution in [0.25, 0.3) is 16.7 Å². The number of hydrogen-bond donors (Lipinski definition) is 0. The highest BCUT2D eigenvalue weighted by Crippen LogP contribution is 2.28. The van der Waals surface area contributed by atoms with Crippen molar-refractivity contribution in [2.75, 3.05) is 38.3 Å². The summed E-state index contributed by atoms with van der Waals surface area (Å²) in [5.41, 5.74) is 1.55. The molecule has 1 aliphatic rings. The maximum absolute atomic E-state index is 9.60. The van der Waals surface area contributed by atoms with Crippen molar-refractivity contribution in [3.05, 3.63) is 36.8 Å². The van der Waals surface area contributed by atoms with Crippen molar-refractivity contribution in [1.29, 1.82) is 0 Å². The van der Waals surface area contributed by atoms with Crippen molar-refractivity contribution < 1.29 is 9.53 Å². The van der Waals surface area contributed by atoms with Crippen molar-refractivity contribution in [3.8, 4) is 5.69 Å². The zero-order chi connectivity index (χ0) is 24.0. The molecule has 0 amide bonds. The molecule has 4 rings (SSSR count). The minimum absolute atomic E-state index is 0.318. The lowest BCUT2D eigenvalue weighted by atomic mass is 10.0. The number of fused-ring (bicyclic) bond motifs is 1. The van der Waals surface area contributed by atoms with Gasteiger partial charge in [0.05, 0.1) is 17.3 Å². The number of hydrogen-bond acceptors (Lipinski definition) is 8. The summed E-state index contributed by atoms with van der Waals surface area (Å²) in [6.45, 7) is 8.18. The average molecular weight is 471 g/mol. The third kappa shape index (κ3) is 6.45. The number of carbonyl (C=O) groups excluding carboxylic acids is 1. The summed E-state index contributed by atoms with van der Waals surface area (Å²) in [5, 5.41) is 5.60. The zero-order valence-electron chi connectivity index (χ0n) is 20.4. The van der Waals surface area contributed by atoms with E-state index in [9.17, 15) is 4.79 Å². The van der Waals surface area contributed by atoms with Gasteiger partial charge in [0.2, 0.25) is 0 Å². The molecule has 0 saturated carbocycles. The van der Waals surface area contributed by atoms with E-state index in [1.54, 1.807) is 18.1 Å². The van der Waals surface area contributed by atoms with Crippen LogP contribution in [-0.4, -0.2) is 76.2 Å². The van der Waals surface area contributed by atoms with E-state index in [2.05, 4.69) is 74.2 Å². The Kier molecular flexibility index (Phi) is 8.31. The summed E-state index contributed by atoms with van der Waals surface area (Å²) in [6, 6.07) is 8.90. The Bertz CT molecular complexity index is 1040. The van der Waals surface area contributed by atoms with E-state index in [4.69, 9.17) is 0 Å². The molecule has 1 fully saturated rings. The van der Waals surface area contributed by atoms with Crippen LogP contribution in [0.2, 0.25) is 0 Å². The van der Waals surface area contributed by atoms with E-state index in [0.29, 0.717) is 12.5 Å². The highest BCUT2D eigenvalue weighted by Gasteiger charge is 2.24. The number of anilines is 1. The number of benzene rings is 1. The number of carbonyl (C=O) groups is 1. The van der Waals surface area contributed by atoms with E-state index < -0.39 is 0 Å². The number of likely N-dealkylation sites (tertiary alicyclic amines) is 1. The molecule has 8 nitrogen and oxygen atoms in total. The largest absolute Gasteiger partial charge is 0.462 e. The molecule has 33 heavy (non-hydrogen) atoms. The van der Waals surface area contributed by atoms with Crippen LogP contribution < -0.4 is 4.90 Å². The van der Waals surface area contributed by atoms with E-state index in [1.807, 2.05) is 31.6 Å². The standard InChI is InChI=1S/C19H24N6S.C5H10O2/c1-23-10-8-14(9-11-23)24(2)18-17-12-22-25(19(17)21-13-20-18)15-4-6-16(26-3)7-5-15;1-5(2,3)7-4-6/h4-7,12-14H,8-11H2,1-3H3;4H,1-3H3. The molecule has 1 saturated heterocycles. The van der Waals surface area contributed by atoms with E-state index in [1.165, 1.54) is 4.90 Å². The quantitative estimate of drug-likeness (QED) is 0.409. The SMILES string of the molecule is CC(C)(C)OC=O.CSc1ccc(-n2ncc3c(N(C)C4CCN(C)CC4)ncnc32)cc1. The number of aromatic nitrogens is 4. The molecular weight excluding hydrogens is 436 g/mol. The van der Waals surface area contributed by atoms with Crippen molar-refractivity contribution >= 4 is 35.1 Å². The summed E-state index contributed by atoms with van der Waals surface area (Å²) in [7, 11) is 4.33. The number of rotatable bonds is 5. The lowest BCUT2D eigenvalue weighted by Gasteiger charge is -2.35. The van der Waals surface area contributed by atoms with Crippen molar-refractivity contribution in [2.24, 2.45) is 0 Å². The monoisotopic (exact) mass is 470 g/mol. The fourth-order valence-corrected chi connectivity index (χ4v) is 4.13. The van der Waals surface area contributed by atoms with Crippen molar-refractivity contribution in [1.82, 2.24) is 24.6 Å². The van der Waals surface area contributed by atoms with Crippen LogP contribution >= 0.6 is 11.8 Å². The van der Waals surface area contributed by atoms with Crippen LogP contribution in [-0.2, 0) is 9.53 Å². The van der Waals surface area contributed by atoms with E-state index in [-0.39, 0.29) is 5.60 Å². The van der Waals surface area contributed by atoms with E-state index >= 15 is 0 Å². The van der Waals surface area contributed by atoms with Gasteiger partial charge >= 0.3 is 0 Å². The molecule has 0 atom stereocenters. The molecule has 0 bridgehead atoms. The van der Waals surface area contributed by atoms with Gasteiger partial charge in [-0.25, -0.2) is 14.6 Å². The lowest BCUT2D eigenvalue weighted by Crippen LogP contribution is -2.42. The Balaban J connectivity index is 0.000000383. The topological polar surface area (TPSA) is 76.4 Å². The molecule has 9 heteroatoms. The summed E-state index contributed by atoms with van der Waals surface area (Å²) < 4.78 is 6.44. The van der Waals surface area contributed by atoms with Gasteiger partial charge in [-0.05, 0) is 84.3 Å². The number of ether oxygens (including phenoxy) is 1. The summed E-state index contributed by atoms with van der Waals surface area (Å²) >= 11 is 1.74. The van der Waals surface area contributed by atoms with Gasteiger partial charge in [-0.3, -0.25) is 4.79 Å². The van der Waals surface area contributed by atoms with Crippen LogP contribution in [0.3, 0.4) is 0 Å². The third-order valence-corrected chi connectivity index (χ3v) is 6.38. The first-order valence-electron chi connectivity index (χ1n) is 11.1. The van der Waals surface area contributed by atoms with Gasteiger partial charge in [0.15, 0.2) is 5.65 Å². The number of nitrogens with zero attached hydrogens (tertiary/aromatic N) is 6. The maximum Gasteiger partial charge on any atom is 0.293 e. The lowest BCUT2D eigenvalue weighted by molar-refractivity contribution is -0.138. The average Bonchev–Trinajstić information content (AvgIpc) is 3.23. The fraction of sp³-hybridized carbons (Fsp3) is 0.500. The molecule has 0 unspecified atom stereocenters. The molecule has 2 aromatic heterocycles.